The van der Waals surface area contributed by atoms with Gasteiger partial charge in [-0.05, 0) is 17.3 Å². The highest BCUT2D eigenvalue weighted by Gasteiger charge is 2.41. The monoisotopic (exact) mass is 334 g/mol. The molecule has 1 aromatic heterocycles. The second-order valence-electron chi connectivity index (χ2n) is 3.53. The molecule has 0 unspecified atom stereocenters. The third-order valence-corrected chi connectivity index (χ3v) is 5.17. The Balaban J connectivity index is 1.94. The molecule has 0 atom stereocenters. The zero-order valence-electron chi connectivity index (χ0n) is 9.82. The van der Waals surface area contributed by atoms with E-state index in [1.807, 2.05) is 30.3 Å². The van der Waals surface area contributed by atoms with Crippen LogP contribution in [-0.4, -0.2) is 26.5 Å². The van der Waals surface area contributed by atoms with Gasteiger partial charge in [-0.25, -0.2) is 4.79 Å². The number of carboxylic acid groups (broad SMARTS) is 1. The minimum Gasteiger partial charge on any atom is -0.476 e. The first-order valence-corrected chi connectivity index (χ1v) is 7.90. The highest BCUT2D eigenvalue weighted by Crippen LogP contribution is 2.39. The number of hydrogen-bond donors (Lipinski definition) is 1. The van der Waals surface area contributed by atoms with Crippen LogP contribution in [0.3, 0.4) is 0 Å². The Labute approximate surface area is 125 Å². The summed E-state index contributed by atoms with van der Waals surface area (Å²) in [4.78, 5) is 10.3. The molecule has 1 heterocycles. The first-order valence-electron chi connectivity index (χ1n) is 5.28. The van der Waals surface area contributed by atoms with Crippen LogP contribution in [0.25, 0.3) is 0 Å². The van der Waals surface area contributed by atoms with Crippen molar-refractivity contribution in [1.29, 1.82) is 0 Å². The van der Waals surface area contributed by atoms with Gasteiger partial charge in [0.25, 0.3) is 0 Å². The Morgan fingerprint density at radius 2 is 1.90 bits per heavy atom. The van der Waals surface area contributed by atoms with Crippen molar-refractivity contribution in [3.8, 4) is 0 Å². The van der Waals surface area contributed by atoms with Crippen molar-refractivity contribution in [2.45, 2.75) is 19.7 Å². The van der Waals surface area contributed by atoms with E-state index in [0.717, 1.165) is 16.9 Å². The van der Waals surface area contributed by atoms with Crippen molar-refractivity contribution in [3.05, 3.63) is 35.9 Å². The van der Waals surface area contributed by atoms with Crippen LogP contribution in [0, 0.1) is 0 Å². The van der Waals surface area contributed by atoms with Crippen LogP contribution in [0.15, 0.2) is 39.0 Å². The van der Waals surface area contributed by atoms with Crippen LogP contribution in [0.5, 0.6) is 0 Å². The van der Waals surface area contributed by atoms with E-state index in [1.165, 1.54) is 11.8 Å². The maximum absolute atomic E-state index is 13.0. The lowest BCUT2D eigenvalue weighted by molar-refractivity contribution is -0.152. The SMILES string of the molecule is O=C(O)C(F)(F)Sc1nnc(SCc2ccccc2)s1. The van der Waals surface area contributed by atoms with Gasteiger partial charge in [0, 0.05) is 5.75 Å². The van der Waals surface area contributed by atoms with Gasteiger partial charge >= 0.3 is 11.2 Å². The van der Waals surface area contributed by atoms with Crippen LogP contribution < -0.4 is 0 Å². The van der Waals surface area contributed by atoms with Crippen molar-refractivity contribution in [1.82, 2.24) is 10.2 Å². The molecule has 2 rings (SSSR count). The van der Waals surface area contributed by atoms with E-state index in [4.69, 9.17) is 5.11 Å². The molecule has 106 valence electrons. The number of aliphatic carboxylic acids is 1. The molecule has 0 amide bonds. The van der Waals surface area contributed by atoms with Gasteiger partial charge < -0.3 is 5.11 Å². The fraction of sp³-hybridized carbons (Fsp3) is 0.182. The Kier molecular flexibility index (Phi) is 4.95. The van der Waals surface area contributed by atoms with E-state index in [0.29, 0.717) is 10.1 Å². The van der Waals surface area contributed by atoms with E-state index < -0.39 is 11.2 Å². The summed E-state index contributed by atoms with van der Waals surface area (Å²) in [6.07, 6.45) is 0. The second kappa shape index (κ2) is 6.51. The number of rotatable bonds is 6. The zero-order valence-corrected chi connectivity index (χ0v) is 12.3. The van der Waals surface area contributed by atoms with Gasteiger partial charge in [-0.15, -0.1) is 10.2 Å². The molecular weight excluding hydrogens is 326 g/mol. The fourth-order valence-electron chi connectivity index (χ4n) is 1.17. The van der Waals surface area contributed by atoms with Crippen LogP contribution >= 0.6 is 34.9 Å². The predicted octanol–water partition coefficient (Wildman–Crippen LogP) is 3.60. The number of thioether (sulfide) groups is 2. The van der Waals surface area contributed by atoms with Gasteiger partial charge in [-0.2, -0.15) is 8.78 Å². The third-order valence-electron chi connectivity index (χ3n) is 2.06. The molecule has 0 aliphatic carbocycles. The van der Waals surface area contributed by atoms with E-state index in [1.54, 1.807) is 0 Å². The van der Waals surface area contributed by atoms with Crippen LogP contribution in [-0.2, 0) is 10.5 Å². The molecule has 0 saturated heterocycles. The number of nitrogens with zero attached hydrogens (tertiary/aromatic N) is 2. The zero-order chi connectivity index (χ0) is 14.6. The van der Waals surface area contributed by atoms with Crippen LogP contribution in [0.4, 0.5) is 8.78 Å². The third kappa shape index (κ3) is 4.15. The summed E-state index contributed by atoms with van der Waals surface area (Å²) in [6, 6.07) is 9.61. The van der Waals surface area contributed by atoms with Gasteiger partial charge in [-0.3, -0.25) is 0 Å². The molecule has 9 heteroatoms. The molecule has 1 aromatic carbocycles. The largest absolute Gasteiger partial charge is 0.476 e. The molecule has 0 saturated carbocycles. The van der Waals surface area contributed by atoms with E-state index in [2.05, 4.69) is 10.2 Å². The molecule has 2 aromatic rings. The number of carbonyl (C=O) groups is 1. The number of alkyl halides is 2. The molecule has 0 bridgehead atoms. The first-order chi connectivity index (χ1) is 9.47. The average Bonchev–Trinajstić information content (AvgIpc) is 2.84. The average molecular weight is 334 g/mol. The lowest BCUT2D eigenvalue weighted by Crippen LogP contribution is -2.23. The van der Waals surface area contributed by atoms with Gasteiger partial charge in [0.2, 0.25) is 0 Å². The van der Waals surface area contributed by atoms with Crippen molar-refractivity contribution in [2.24, 2.45) is 0 Å². The van der Waals surface area contributed by atoms with Crippen molar-refractivity contribution in [2.75, 3.05) is 0 Å². The minimum absolute atomic E-state index is 0.0621. The number of aromatic nitrogens is 2. The fourth-order valence-corrected chi connectivity index (χ4v) is 3.98. The van der Waals surface area contributed by atoms with Gasteiger partial charge in [0.05, 0.1) is 0 Å². The standard InChI is InChI=1S/C11H8F2N2O2S3/c12-11(13,8(16)17)20-10-15-14-9(19-10)18-6-7-4-2-1-3-5-7/h1-5H,6H2,(H,16,17). The number of halogens is 2. The molecule has 1 N–H and O–H groups in total. The summed E-state index contributed by atoms with van der Waals surface area (Å²) in [5, 5.41) is 11.8. The Morgan fingerprint density at radius 3 is 2.55 bits per heavy atom. The summed E-state index contributed by atoms with van der Waals surface area (Å²) >= 11 is 2.22. The van der Waals surface area contributed by atoms with Gasteiger partial charge in [-0.1, -0.05) is 53.4 Å². The van der Waals surface area contributed by atoms with Crippen molar-refractivity contribution in [3.63, 3.8) is 0 Å². The van der Waals surface area contributed by atoms with Crippen LogP contribution in [0.2, 0.25) is 0 Å². The smallest absolute Gasteiger partial charge is 0.395 e. The second-order valence-corrected chi connectivity index (χ2v) is 7.09. The van der Waals surface area contributed by atoms with E-state index >= 15 is 0 Å². The quantitative estimate of drug-likeness (QED) is 0.815. The summed E-state index contributed by atoms with van der Waals surface area (Å²) in [5.41, 5.74) is 1.08. The predicted molar refractivity (Wildman–Crippen MR) is 74.4 cm³/mol. The van der Waals surface area contributed by atoms with Crippen LogP contribution in [0.1, 0.15) is 5.56 Å². The highest BCUT2D eigenvalue weighted by molar-refractivity contribution is 8.04. The van der Waals surface area contributed by atoms with Crippen molar-refractivity contribution >= 4 is 40.8 Å². The minimum atomic E-state index is -3.89. The Bertz CT molecular complexity index is 592. The topological polar surface area (TPSA) is 63.1 Å². The lowest BCUT2D eigenvalue weighted by Gasteiger charge is -2.06. The summed E-state index contributed by atoms with van der Waals surface area (Å²) in [5.74, 6) is -1.54. The highest BCUT2D eigenvalue weighted by atomic mass is 32.2. The number of hydrogen-bond acceptors (Lipinski definition) is 6. The Hall–Kier alpha value is -1.19. The molecule has 0 fully saturated rings. The maximum atomic E-state index is 13.0. The van der Waals surface area contributed by atoms with E-state index in [9.17, 15) is 13.6 Å². The summed E-state index contributed by atoms with van der Waals surface area (Å²) in [7, 11) is 0. The first kappa shape index (κ1) is 15.2. The lowest BCUT2D eigenvalue weighted by atomic mass is 10.2. The molecule has 0 aliphatic heterocycles. The van der Waals surface area contributed by atoms with E-state index in [-0.39, 0.29) is 16.1 Å². The molecule has 0 radical (unpaired) electrons. The molecular formula is C11H8F2N2O2S3. The van der Waals surface area contributed by atoms with Gasteiger partial charge in [0.1, 0.15) is 0 Å². The Morgan fingerprint density at radius 1 is 1.25 bits per heavy atom. The molecule has 0 spiro atoms. The summed E-state index contributed by atoms with van der Waals surface area (Å²) in [6.45, 7) is 0. The molecule has 4 nitrogen and oxygen atoms in total. The normalized spacial score (nSPS) is 11.5. The maximum Gasteiger partial charge on any atom is 0.395 e. The number of carboxylic acids is 1. The molecule has 20 heavy (non-hydrogen) atoms. The van der Waals surface area contributed by atoms with Crippen molar-refractivity contribution < 1.29 is 18.7 Å². The van der Waals surface area contributed by atoms with Gasteiger partial charge in [0.15, 0.2) is 8.68 Å². The number of benzene rings is 1. The summed E-state index contributed by atoms with van der Waals surface area (Å²) < 4.78 is 26.4. The molecule has 0 aliphatic rings.